The van der Waals surface area contributed by atoms with Gasteiger partial charge in [-0.2, -0.15) is 0 Å². The molecule has 132 valence electrons. The zero-order valence-electron chi connectivity index (χ0n) is 14.6. The first kappa shape index (κ1) is 18.0. The van der Waals surface area contributed by atoms with Crippen molar-refractivity contribution in [2.45, 2.75) is 64.5 Å². The molecule has 0 spiro atoms. The van der Waals surface area contributed by atoms with Gasteiger partial charge in [0.25, 0.3) is 0 Å². The average molecular weight is 325 g/mol. The molecule has 2 fully saturated rings. The monoisotopic (exact) mass is 325 g/mol. The predicted octanol–water partition coefficient (Wildman–Crippen LogP) is 1.99. The third-order valence-corrected chi connectivity index (χ3v) is 4.98. The Kier molecular flexibility index (Phi) is 7.15. The van der Waals surface area contributed by atoms with E-state index in [1.165, 1.54) is 6.42 Å². The molecule has 0 aromatic carbocycles. The largest absolute Gasteiger partial charge is 0.450 e. The number of hydrogen-bond donors (Lipinski definition) is 1. The Morgan fingerprint density at radius 2 is 1.91 bits per heavy atom. The molecule has 2 unspecified atom stereocenters. The van der Waals surface area contributed by atoms with Crippen LogP contribution in [0.15, 0.2) is 0 Å². The maximum atomic E-state index is 11.8. The van der Waals surface area contributed by atoms with Gasteiger partial charge in [-0.1, -0.05) is 13.3 Å². The summed E-state index contributed by atoms with van der Waals surface area (Å²) < 4.78 is 5.20. The van der Waals surface area contributed by atoms with Gasteiger partial charge in [0.15, 0.2) is 0 Å². The topological polar surface area (TPSA) is 61.9 Å². The minimum Gasteiger partial charge on any atom is -0.450 e. The minimum atomic E-state index is -0.273. The van der Waals surface area contributed by atoms with Crippen LogP contribution in [0.4, 0.5) is 4.79 Å². The van der Waals surface area contributed by atoms with Crippen molar-refractivity contribution in [1.29, 1.82) is 0 Å². The molecule has 2 atom stereocenters. The molecule has 1 aliphatic heterocycles. The lowest BCUT2D eigenvalue weighted by atomic mass is 9.89. The van der Waals surface area contributed by atoms with Gasteiger partial charge in [0.2, 0.25) is 5.91 Å². The Hall–Kier alpha value is -1.30. The Morgan fingerprint density at radius 3 is 2.57 bits per heavy atom. The zero-order valence-corrected chi connectivity index (χ0v) is 14.6. The van der Waals surface area contributed by atoms with Crippen molar-refractivity contribution in [3.8, 4) is 0 Å². The van der Waals surface area contributed by atoms with Crippen molar-refractivity contribution >= 4 is 12.0 Å². The summed E-state index contributed by atoms with van der Waals surface area (Å²) in [5, 5.41) is 3.02. The van der Waals surface area contributed by atoms with Gasteiger partial charge in [-0.15, -0.1) is 0 Å². The molecule has 1 saturated heterocycles. The quantitative estimate of drug-likeness (QED) is 0.785. The fraction of sp³-hybridized carbons (Fsp3) is 0.882. The maximum absolute atomic E-state index is 11.8. The maximum Gasteiger partial charge on any atom is 0.407 e. The number of ether oxygens (including phenoxy) is 1. The fourth-order valence-corrected chi connectivity index (χ4v) is 3.55. The smallest absolute Gasteiger partial charge is 0.407 e. The van der Waals surface area contributed by atoms with E-state index in [4.69, 9.17) is 4.74 Å². The summed E-state index contributed by atoms with van der Waals surface area (Å²) in [6.07, 6.45) is 6.02. The molecule has 0 aromatic rings. The van der Waals surface area contributed by atoms with Gasteiger partial charge in [-0.25, -0.2) is 4.79 Å². The van der Waals surface area contributed by atoms with E-state index in [0.29, 0.717) is 12.6 Å². The number of amides is 2. The lowest BCUT2D eigenvalue weighted by molar-refractivity contribution is -0.131. The Labute approximate surface area is 139 Å². The molecule has 23 heavy (non-hydrogen) atoms. The van der Waals surface area contributed by atoms with Gasteiger partial charge in [-0.3, -0.25) is 9.69 Å². The van der Waals surface area contributed by atoms with E-state index in [1.807, 2.05) is 4.90 Å². The summed E-state index contributed by atoms with van der Waals surface area (Å²) >= 11 is 0. The van der Waals surface area contributed by atoms with E-state index in [1.54, 1.807) is 6.92 Å². The number of alkyl carbamates (subject to hydrolysis) is 1. The summed E-state index contributed by atoms with van der Waals surface area (Å²) in [4.78, 5) is 27.6. The van der Waals surface area contributed by atoms with Crippen molar-refractivity contribution in [1.82, 2.24) is 15.1 Å². The summed E-state index contributed by atoms with van der Waals surface area (Å²) in [5.41, 5.74) is 0. The summed E-state index contributed by atoms with van der Waals surface area (Å²) in [7, 11) is 0. The number of hydrogen-bond acceptors (Lipinski definition) is 4. The number of nitrogens with one attached hydrogen (secondary N) is 1. The van der Waals surface area contributed by atoms with Crippen LogP contribution < -0.4 is 5.32 Å². The van der Waals surface area contributed by atoms with E-state index in [2.05, 4.69) is 17.1 Å². The SMILES string of the molecule is CCCCOC(=O)NC1CCCC(N2CCN(C(C)=O)CC2)C1. The van der Waals surface area contributed by atoms with Crippen LogP contribution in [0.3, 0.4) is 0 Å². The summed E-state index contributed by atoms with van der Waals surface area (Å²) in [6, 6.07) is 0.729. The van der Waals surface area contributed by atoms with E-state index in [9.17, 15) is 9.59 Å². The number of rotatable bonds is 5. The van der Waals surface area contributed by atoms with Crippen LogP contribution in [0, 0.1) is 0 Å². The van der Waals surface area contributed by atoms with Crippen LogP contribution in [-0.4, -0.2) is 66.7 Å². The minimum absolute atomic E-state index is 0.169. The molecule has 1 N–H and O–H groups in total. The second-order valence-electron chi connectivity index (χ2n) is 6.69. The number of nitrogens with zero attached hydrogens (tertiary/aromatic N) is 2. The van der Waals surface area contributed by atoms with Crippen LogP contribution in [0.5, 0.6) is 0 Å². The molecular formula is C17H31N3O3. The molecule has 0 bridgehead atoms. The molecule has 0 radical (unpaired) electrons. The first-order valence-electron chi connectivity index (χ1n) is 9.03. The molecule has 6 heteroatoms. The molecular weight excluding hydrogens is 294 g/mol. The Balaban J connectivity index is 1.73. The van der Waals surface area contributed by atoms with Gasteiger partial charge in [0.1, 0.15) is 0 Å². The number of unbranched alkanes of at least 4 members (excludes halogenated alkanes) is 1. The third-order valence-electron chi connectivity index (χ3n) is 4.98. The van der Waals surface area contributed by atoms with E-state index < -0.39 is 0 Å². The van der Waals surface area contributed by atoms with Crippen molar-refractivity contribution in [3.63, 3.8) is 0 Å². The summed E-state index contributed by atoms with van der Waals surface area (Å²) in [5.74, 6) is 0.169. The first-order valence-corrected chi connectivity index (χ1v) is 9.03. The lowest BCUT2D eigenvalue weighted by Gasteiger charge is -2.42. The number of carbonyl (C=O) groups excluding carboxylic acids is 2. The normalized spacial score (nSPS) is 25.9. The number of carbonyl (C=O) groups is 2. The molecule has 1 heterocycles. The zero-order chi connectivity index (χ0) is 16.7. The van der Waals surface area contributed by atoms with Crippen LogP contribution in [0.2, 0.25) is 0 Å². The highest BCUT2D eigenvalue weighted by Crippen LogP contribution is 2.24. The van der Waals surface area contributed by atoms with Crippen molar-refractivity contribution in [2.24, 2.45) is 0 Å². The van der Waals surface area contributed by atoms with E-state index in [0.717, 1.165) is 58.3 Å². The van der Waals surface area contributed by atoms with Crippen molar-refractivity contribution in [2.75, 3.05) is 32.8 Å². The molecule has 2 amide bonds. The Morgan fingerprint density at radius 1 is 1.17 bits per heavy atom. The molecule has 6 nitrogen and oxygen atoms in total. The van der Waals surface area contributed by atoms with Gasteiger partial charge in [-0.05, 0) is 32.1 Å². The molecule has 0 aromatic heterocycles. The van der Waals surface area contributed by atoms with Gasteiger partial charge < -0.3 is 15.0 Å². The molecule has 1 saturated carbocycles. The fourth-order valence-electron chi connectivity index (χ4n) is 3.55. The van der Waals surface area contributed by atoms with Gasteiger partial charge >= 0.3 is 6.09 Å². The van der Waals surface area contributed by atoms with Crippen LogP contribution in [-0.2, 0) is 9.53 Å². The van der Waals surface area contributed by atoms with Gasteiger partial charge in [0, 0.05) is 45.2 Å². The molecule has 2 aliphatic rings. The standard InChI is InChI=1S/C17H31N3O3/c1-3-4-12-23-17(22)18-15-6-5-7-16(13-15)20-10-8-19(9-11-20)14(2)21/h15-16H,3-13H2,1-2H3,(H,18,22). The lowest BCUT2D eigenvalue weighted by Crippen LogP contribution is -2.54. The highest BCUT2D eigenvalue weighted by molar-refractivity contribution is 5.73. The summed E-state index contributed by atoms with van der Waals surface area (Å²) in [6.45, 7) is 7.76. The molecule has 1 aliphatic carbocycles. The second kappa shape index (κ2) is 9.11. The van der Waals surface area contributed by atoms with E-state index in [-0.39, 0.29) is 18.0 Å². The highest BCUT2D eigenvalue weighted by Gasteiger charge is 2.30. The van der Waals surface area contributed by atoms with Crippen LogP contribution in [0.1, 0.15) is 52.4 Å². The van der Waals surface area contributed by atoms with Crippen LogP contribution >= 0.6 is 0 Å². The second-order valence-corrected chi connectivity index (χ2v) is 6.69. The third kappa shape index (κ3) is 5.68. The molecule has 2 rings (SSSR count). The van der Waals surface area contributed by atoms with Gasteiger partial charge in [0.05, 0.1) is 6.61 Å². The average Bonchev–Trinajstić information content (AvgIpc) is 2.55. The van der Waals surface area contributed by atoms with Crippen molar-refractivity contribution in [3.05, 3.63) is 0 Å². The Bertz CT molecular complexity index is 395. The highest BCUT2D eigenvalue weighted by atomic mass is 16.5. The number of piperazine rings is 1. The predicted molar refractivity (Wildman–Crippen MR) is 89.3 cm³/mol. The van der Waals surface area contributed by atoms with Crippen molar-refractivity contribution < 1.29 is 14.3 Å². The first-order chi connectivity index (χ1) is 11.1. The van der Waals surface area contributed by atoms with Crippen LogP contribution in [0.25, 0.3) is 0 Å². The van der Waals surface area contributed by atoms with E-state index >= 15 is 0 Å².